The Morgan fingerprint density at radius 2 is 1.88 bits per heavy atom. The van der Waals surface area contributed by atoms with Gasteiger partial charge in [-0.1, -0.05) is 20.8 Å². The summed E-state index contributed by atoms with van der Waals surface area (Å²) in [7, 11) is 0. The van der Waals surface area contributed by atoms with E-state index in [0.29, 0.717) is 10.4 Å². The summed E-state index contributed by atoms with van der Waals surface area (Å²) >= 11 is 3.18. The van der Waals surface area contributed by atoms with Gasteiger partial charge in [-0.15, -0.1) is 0 Å². The number of hydrogen-bond donors (Lipinski definition) is 1. The van der Waals surface area contributed by atoms with E-state index in [0.717, 1.165) is 19.3 Å². The molecule has 1 aromatic rings. The van der Waals surface area contributed by atoms with Crippen molar-refractivity contribution >= 4 is 21.8 Å². The van der Waals surface area contributed by atoms with E-state index < -0.39 is 0 Å². The van der Waals surface area contributed by atoms with Crippen molar-refractivity contribution in [3.63, 3.8) is 0 Å². The van der Waals surface area contributed by atoms with E-state index in [9.17, 15) is 4.79 Å². The van der Waals surface area contributed by atoms with Crippen LogP contribution >= 0.6 is 15.9 Å². The average molecular weight is 288 g/mol. The summed E-state index contributed by atoms with van der Waals surface area (Å²) in [5.74, 6) is 0.211. The second kappa shape index (κ2) is 5.53. The van der Waals surface area contributed by atoms with Crippen LogP contribution < -0.4 is 5.32 Å². The Morgan fingerprint density at radius 1 is 1.31 bits per heavy atom. The molecule has 0 aliphatic rings. The molecule has 1 rings (SSSR count). The lowest BCUT2D eigenvalue weighted by atomic mass is 9.90. The third-order valence-electron chi connectivity index (χ3n) is 3.21. The normalized spacial score (nSPS) is 11.5. The van der Waals surface area contributed by atoms with Crippen LogP contribution in [0.5, 0.6) is 0 Å². The van der Waals surface area contributed by atoms with Crippen LogP contribution in [0.4, 0.5) is 0 Å². The highest BCUT2D eigenvalue weighted by Gasteiger charge is 2.27. The molecule has 0 aliphatic carbocycles. The molecule has 0 bridgehead atoms. The Hall–Kier alpha value is -0.770. The topological polar surface area (TPSA) is 42.2 Å². The Morgan fingerprint density at radius 3 is 2.25 bits per heavy atom. The highest BCUT2D eigenvalue weighted by Crippen LogP contribution is 2.21. The van der Waals surface area contributed by atoms with Crippen molar-refractivity contribution in [3.8, 4) is 0 Å². The third kappa shape index (κ3) is 2.88. The van der Waals surface area contributed by atoms with Crippen LogP contribution in [0.2, 0.25) is 0 Å². The van der Waals surface area contributed by atoms with E-state index in [1.807, 2.05) is 0 Å². The first kappa shape index (κ1) is 13.3. The summed E-state index contributed by atoms with van der Waals surface area (Å²) in [6.45, 7) is 6.27. The van der Waals surface area contributed by atoms with Crippen molar-refractivity contribution < 1.29 is 9.21 Å². The summed E-state index contributed by atoms with van der Waals surface area (Å²) in [5, 5.41) is 3.06. The average Bonchev–Trinajstić information content (AvgIpc) is 2.73. The van der Waals surface area contributed by atoms with Gasteiger partial charge in [-0.05, 0) is 47.3 Å². The first-order chi connectivity index (χ1) is 7.56. The molecule has 1 aromatic heterocycles. The second-order valence-electron chi connectivity index (χ2n) is 3.90. The summed E-state index contributed by atoms with van der Waals surface area (Å²) < 4.78 is 5.81. The van der Waals surface area contributed by atoms with Crippen molar-refractivity contribution in [2.75, 3.05) is 0 Å². The minimum absolute atomic E-state index is 0.115. The van der Waals surface area contributed by atoms with Crippen molar-refractivity contribution in [1.29, 1.82) is 0 Å². The highest BCUT2D eigenvalue weighted by molar-refractivity contribution is 9.10. The fourth-order valence-electron chi connectivity index (χ4n) is 1.75. The van der Waals surface area contributed by atoms with Gasteiger partial charge in [0, 0.05) is 5.54 Å². The maximum absolute atomic E-state index is 11.9. The van der Waals surface area contributed by atoms with Crippen LogP contribution in [0.15, 0.2) is 21.2 Å². The molecule has 0 radical (unpaired) electrons. The Bertz CT molecular complexity index is 347. The molecule has 1 amide bonds. The van der Waals surface area contributed by atoms with Gasteiger partial charge in [0.25, 0.3) is 5.91 Å². The first-order valence-corrected chi connectivity index (χ1v) is 6.44. The number of carbonyl (C=O) groups excluding carboxylic acids is 1. The van der Waals surface area contributed by atoms with Gasteiger partial charge >= 0.3 is 0 Å². The lowest BCUT2D eigenvalue weighted by Crippen LogP contribution is -2.47. The van der Waals surface area contributed by atoms with E-state index in [4.69, 9.17) is 4.42 Å². The van der Waals surface area contributed by atoms with Crippen LogP contribution in [0.25, 0.3) is 0 Å². The number of halogens is 1. The molecule has 1 N–H and O–H groups in total. The van der Waals surface area contributed by atoms with Gasteiger partial charge < -0.3 is 9.73 Å². The summed E-state index contributed by atoms with van der Waals surface area (Å²) in [6, 6.07) is 3.39. The number of carbonyl (C=O) groups is 1. The van der Waals surface area contributed by atoms with Gasteiger partial charge in [-0.3, -0.25) is 4.79 Å². The molecule has 0 atom stereocenters. The van der Waals surface area contributed by atoms with Gasteiger partial charge in [-0.2, -0.15) is 0 Å². The zero-order chi connectivity index (χ0) is 12.2. The molecule has 0 saturated carbocycles. The molecule has 3 nitrogen and oxygen atoms in total. The lowest BCUT2D eigenvalue weighted by molar-refractivity contribution is 0.0858. The van der Waals surface area contributed by atoms with E-state index in [1.165, 1.54) is 0 Å². The zero-order valence-corrected chi connectivity index (χ0v) is 11.6. The Labute approximate surface area is 105 Å². The van der Waals surface area contributed by atoms with E-state index in [2.05, 4.69) is 42.0 Å². The standard InChI is InChI=1S/C12H18BrNO2/c1-4-12(5-2,6-3)14-11(15)9-7-8-10(13)16-9/h7-8H,4-6H2,1-3H3,(H,14,15). The Kier molecular flexibility index (Phi) is 4.59. The van der Waals surface area contributed by atoms with E-state index in [1.54, 1.807) is 12.1 Å². The molecular weight excluding hydrogens is 270 g/mol. The number of furan rings is 1. The molecule has 0 unspecified atom stereocenters. The number of rotatable bonds is 5. The molecule has 0 spiro atoms. The highest BCUT2D eigenvalue weighted by atomic mass is 79.9. The van der Waals surface area contributed by atoms with Gasteiger partial charge in [0.15, 0.2) is 10.4 Å². The lowest BCUT2D eigenvalue weighted by Gasteiger charge is -2.31. The molecule has 0 saturated heterocycles. The molecule has 0 fully saturated rings. The molecule has 16 heavy (non-hydrogen) atoms. The molecule has 0 aromatic carbocycles. The van der Waals surface area contributed by atoms with Crippen molar-refractivity contribution in [3.05, 3.63) is 22.6 Å². The van der Waals surface area contributed by atoms with Crippen molar-refractivity contribution in [2.24, 2.45) is 0 Å². The fourth-order valence-corrected chi connectivity index (χ4v) is 2.06. The van der Waals surface area contributed by atoms with Crippen LogP contribution in [-0.4, -0.2) is 11.4 Å². The zero-order valence-electron chi connectivity index (χ0n) is 9.97. The third-order valence-corrected chi connectivity index (χ3v) is 3.63. The van der Waals surface area contributed by atoms with Gasteiger partial charge in [0.2, 0.25) is 0 Å². The predicted octanol–water partition coefficient (Wildman–Crippen LogP) is 3.74. The van der Waals surface area contributed by atoms with Crippen LogP contribution in [0.1, 0.15) is 50.6 Å². The number of nitrogens with one attached hydrogen (secondary N) is 1. The maximum Gasteiger partial charge on any atom is 0.287 e. The van der Waals surface area contributed by atoms with Crippen molar-refractivity contribution in [2.45, 2.75) is 45.6 Å². The van der Waals surface area contributed by atoms with Crippen LogP contribution in [0, 0.1) is 0 Å². The minimum atomic E-state index is -0.142. The molecular formula is C12H18BrNO2. The molecule has 0 aliphatic heterocycles. The maximum atomic E-state index is 11.9. The van der Waals surface area contributed by atoms with E-state index in [-0.39, 0.29) is 11.4 Å². The largest absolute Gasteiger partial charge is 0.444 e. The molecule has 4 heteroatoms. The van der Waals surface area contributed by atoms with Crippen LogP contribution in [0.3, 0.4) is 0 Å². The quantitative estimate of drug-likeness (QED) is 0.896. The summed E-state index contributed by atoms with van der Waals surface area (Å²) in [5.41, 5.74) is -0.115. The SMILES string of the molecule is CCC(CC)(CC)NC(=O)c1ccc(Br)o1. The number of hydrogen-bond acceptors (Lipinski definition) is 2. The molecule has 90 valence electrons. The van der Waals surface area contributed by atoms with Crippen molar-refractivity contribution in [1.82, 2.24) is 5.32 Å². The second-order valence-corrected chi connectivity index (χ2v) is 4.68. The first-order valence-electron chi connectivity index (χ1n) is 5.64. The monoisotopic (exact) mass is 287 g/mol. The fraction of sp³-hybridized carbons (Fsp3) is 0.583. The Balaban J connectivity index is 2.76. The molecule has 1 heterocycles. The van der Waals surface area contributed by atoms with Gasteiger partial charge in [-0.25, -0.2) is 0 Å². The minimum Gasteiger partial charge on any atom is -0.444 e. The number of amides is 1. The summed E-state index contributed by atoms with van der Waals surface area (Å²) in [4.78, 5) is 11.9. The smallest absolute Gasteiger partial charge is 0.287 e. The van der Waals surface area contributed by atoms with E-state index >= 15 is 0 Å². The predicted molar refractivity (Wildman–Crippen MR) is 67.5 cm³/mol. The van der Waals surface area contributed by atoms with Gasteiger partial charge in [0.1, 0.15) is 0 Å². The van der Waals surface area contributed by atoms with Gasteiger partial charge in [0.05, 0.1) is 0 Å². The summed E-state index contributed by atoms with van der Waals surface area (Å²) in [6.07, 6.45) is 2.77. The van der Waals surface area contributed by atoms with Crippen LogP contribution in [-0.2, 0) is 0 Å².